The van der Waals surface area contributed by atoms with Crippen LogP contribution < -0.4 is 10.2 Å². The van der Waals surface area contributed by atoms with E-state index in [0.29, 0.717) is 6.54 Å². The molecule has 0 unspecified atom stereocenters. The van der Waals surface area contributed by atoms with Crippen LogP contribution in [-0.4, -0.2) is 35.5 Å². The molecule has 3 rings (SSSR count). The molecule has 0 saturated carbocycles. The van der Waals surface area contributed by atoms with E-state index < -0.39 is 0 Å². The standard InChI is InChI=1S/C17H20N4O/c1-21(10-11-22)14-8-6-13(7-9-14)12-18-17-15-4-2-3-5-16(15)19-20-17/h2-9,22H,10-12H2,1H3,(H2,18,19,20). The largest absolute Gasteiger partial charge is 0.395 e. The maximum Gasteiger partial charge on any atom is 0.155 e. The first-order chi connectivity index (χ1) is 10.8. The molecule has 0 aliphatic rings. The van der Waals surface area contributed by atoms with Crippen LogP contribution in [0.25, 0.3) is 10.9 Å². The van der Waals surface area contributed by atoms with Gasteiger partial charge in [0.1, 0.15) is 0 Å². The number of aromatic nitrogens is 2. The molecular weight excluding hydrogens is 276 g/mol. The molecule has 0 amide bonds. The van der Waals surface area contributed by atoms with Gasteiger partial charge in [-0.2, -0.15) is 5.10 Å². The molecule has 114 valence electrons. The Morgan fingerprint density at radius 1 is 1.14 bits per heavy atom. The number of fused-ring (bicyclic) bond motifs is 1. The Balaban J connectivity index is 1.66. The van der Waals surface area contributed by atoms with E-state index in [2.05, 4.69) is 39.8 Å². The summed E-state index contributed by atoms with van der Waals surface area (Å²) in [5, 5.41) is 20.8. The van der Waals surface area contributed by atoms with E-state index in [1.807, 2.05) is 36.2 Å². The van der Waals surface area contributed by atoms with Crippen molar-refractivity contribution >= 4 is 22.4 Å². The van der Waals surface area contributed by atoms with E-state index in [0.717, 1.165) is 29.0 Å². The zero-order chi connectivity index (χ0) is 15.4. The lowest BCUT2D eigenvalue weighted by molar-refractivity contribution is 0.304. The number of aliphatic hydroxyl groups excluding tert-OH is 1. The van der Waals surface area contributed by atoms with Crippen molar-refractivity contribution in [3.8, 4) is 0 Å². The monoisotopic (exact) mass is 296 g/mol. The molecule has 1 heterocycles. The highest BCUT2D eigenvalue weighted by Gasteiger charge is 2.04. The molecular formula is C17H20N4O. The summed E-state index contributed by atoms with van der Waals surface area (Å²) in [6.07, 6.45) is 0. The second-order valence-corrected chi connectivity index (χ2v) is 5.28. The third-order valence-corrected chi connectivity index (χ3v) is 3.74. The van der Waals surface area contributed by atoms with Crippen LogP contribution in [-0.2, 0) is 6.54 Å². The first-order valence-electron chi connectivity index (χ1n) is 7.36. The highest BCUT2D eigenvalue weighted by Crippen LogP contribution is 2.20. The predicted octanol–water partition coefficient (Wildman–Crippen LogP) is 2.60. The maximum absolute atomic E-state index is 8.97. The van der Waals surface area contributed by atoms with Gasteiger partial charge in [-0.1, -0.05) is 24.3 Å². The number of aliphatic hydroxyl groups is 1. The van der Waals surface area contributed by atoms with Crippen LogP contribution in [0.3, 0.4) is 0 Å². The minimum atomic E-state index is 0.159. The van der Waals surface area contributed by atoms with Gasteiger partial charge in [-0.05, 0) is 29.8 Å². The molecule has 0 radical (unpaired) electrons. The van der Waals surface area contributed by atoms with Crippen LogP contribution in [0.1, 0.15) is 5.56 Å². The van der Waals surface area contributed by atoms with Crippen LogP contribution in [0.5, 0.6) is 0 Å². The Bertz CT molecular complexity index is 736. The van der Waals surface area contributed by atoms with Crippen molar-refractivity contribution in [3.63, 3.8) is 0 Å². The number of nitrogens with zero attached hydrogens (tertiary/aromatic N) is 2. The molecule has 0 atom stereocenters. The number of rotatable bonds is 6. The summed E-state index contributed by atoms with van der Waals surface area (Å²) >= 11 is 0. The van der Waals surface area contributed by atoms with Crippen molar-refractivity contribution in [1.82, 2.24) is 10.2 Å². The van der Waals surface area contributed by atoms with Crippen molar-refractivity contribution in [2.75, 3.05) is 30.4 Å². The Labute approximate surface area is 129 Å². The summed E-state index contributed by atoms with van der Waals surface area (Å²) < 4.78 is 0. The zero-order valence-electron chi connectivity index (χ0n) is 12.6. The minimum absolute atomic E-state index is 0.159. The number of likely N-dealkylation sites (N-methyl/N-ethyl adjacent to an activating group) is 1. The quantitative estimate of drug-likeness (QED) is 0.654. The highest BCUT2D eigenvalue weighted by atomic mass is 16.3. The molecule has 3 aromatic rings. The van der Waals surface area contributed by atoms with Gasteiger partial charge in [0.05, 0.1) is 12.1 Å². The van der Waals surface area contributed by atoms with Gasteiger partial charge in [0.2, 0.25) is 0 Å². The molecule has 5 nitrogen and oxygen atoms in total. The Morgan fingerprint density at radius 3 is 2.68 bits per heavy atom. The normalized spacial score (nSPS) is 10.8. The van der Waals surface area contributed by atoms with Crippen molar-refractivity contribution in [1.29, 1.82) is 0 Å². The van der Waals surface area contributed by atoms with E-state index in [4.69, 9.17) is 5.11 Å². The summed E-state index contributed by atoms with van der Waals surface area (Å²) in [5.74, 6) is 0.872. The fourth-order valence-electron chi connectivity index (χ4n) is 2.43. The molecule has 0 aliphatic heterocycles. The molecule has 0 spiro atoms. The van der Waals surface area contributed by atoms with E-state index in [-0.39, 0.29) is 6.61 Å². The second-order valence-electron chi connectivity index (χ2n) is 5.28. The van der Waals surface area contributed by atoms with Gasteiger partial charge in [0, 0.05) is 31.2 Å². The maximum atomic E-state index is 8.97. The number of nitrogens with one attached hydrogen (secondary N) is 2. The number of anilines is 2. The third kappa shape index (κ3) is 3.04. The number of para-hydroxylation sites is 1. The molecule has 2 aromatic carbocycles. The van der Waals surface area contributed by atoms with Gasteiger partial charge >= 0.3 is 0 Å². The first kappa shape index (κ1) is 14.4. The van der Waals surface area contributed by atoms with E-state index in [1.165, 1.54) is 5.56 Å². The van der Waals surface area contributed by atoms with Gasteiger partial charge < -0.3 is 15.3 Å². The molecule has 0 bridgehead atoms. The average Bonchev–Trinajstić information content (AvgIpc) is 2.97. The van der Waals surface area contributed by atoms with Crippen LogP contribution in [0, 0.1) is 0 Å². The summed E-state index contributed by atoms with van der Waals surface area (Å²) in [4.78, 5) is 2.03. The van der Waals surface area contributed by atoms with Crippen LogP contribution in [0.4, 0.5) is 11.5 Å². The van der Waals surface area contributed by atoms with Crippen molar-refractivity contribution in [2.24, 2.45) is 0 Å². The Hall–Kier alpha value is -2.53. The molecule has 22 heavy (non-hydrogen) atoms. The van der Waals surface area contributed by atoms with E-state index >= 15 is 0 Å². The number of benzene rings is 2. The fraction of sp³-hybridized carbons (Fsp3) is 0.235. The first-order valence-corrected chi connectivity index (χ1v) is 7.36. The van der Waals surface area contributed by atoms with Crippen LogP contribution >= 0.6 is 0 Å². The summed E-state index contributed by atoms with van der Waals surface area (Å²) in [7, 11) is 1.97. The van der Waals surface area contributed by atoms with Gasteiger partial charge in [-0.3, -0.25) is 5.10 Å². The smallest absolute Gasteiger partial charge is 0.155 e. The Morgan fingerprint density at radius 2 is 1.91 bits per heavy atom. The van der Waals surface area contributed by atoms with Gasteiger partial charge in [-0.15, -0.1) is 0 Å². The molecule has 3 N–H and O–H groups in total. The SMILES string of the molecule is CN(CCO)c1ccc(CNc2n[nH]c3ccccc23)cc1. The molecule has 0 fully saturated rings. The van der Waals surface area contributed by atoms with Crippen molar-refractivity contribution < 1.29 is 5.11 Å². The third-order valence-electron chi connectivity index (χ3n) is 3.74. The van der Waals surface area contributed by atoms with Crippen LogP contribution in [0.2, 0.25) is 0 Å². The highest BCUT2D eigenvalue weighted by molar-refractivity contribution is 5.89. The lowest BCUT2D eigenvalue weighted by atomic mass is 10.2. The molecule has 0 aliphatic carbocycles. The second kappa shape index (κ2) is 6.49. The summed E-state index contributed by atoms with van der Waals surface area (Å²) in [6.45, 7) is 1.52. The average molecular weight is 296 g/mol. The summed E-state index contributed by atoms with van der Waals surface area (Å²) in [5.41, 5.74) is 3.32. The molecule has 5 heteroatoms. The van der Waals surface area contributed by atoms with E-state index in [1.54, 1.807) is 0 Å². The minimum Gasteiger partial charge on any atom is -0.395 e. The number of hydrogen-bond acceptors (Lipinski definition) is 4. The number of aromatic amines is 1. The molecule has 0 saturated heterocycles. The Kier molecular flexibility index (Phi) is 4.25. The van der Waals surface area contributed by atoms with Gasteiger partial charge in [0.15, 0.2) is 5.82 Å². The lowest BCUT2D eigenvalue weighted by Crippen LogP contribution is -2.20. The van der Waals surface area contributed by atoms with Crippen molar-refractivity contribution in [2.45, 2.75) is 6.54 Å². The van der Waals surface area contributed by atoms with E-state index in [9.17, 15) is 0 Å². The van der Waals surface area contributed by atoms with Gasteiger partial charge in [0.25, 0.3) is 0 Å². The lowest BCUT2D eigenvalue weighted by Gasteiger charge is -2.18. The topological polar surface area (TPSA) is 64.2 Å². The predicted molar refractivity (Wildman–Crippen MR) is 90.2 cm³/mol. The summed E-state index contributed by atoms with van der Waals surface area (Å²) in [6, 6.07) is 16.4. The number of hydrogen-bond donors (Lipinski definition) is 3. The fourth-order valence-corrected chi connectivity index (χ4v) is 2.43. The van der Waals surface area contributed by atoms with Gasteiger partial charge in [-0.25, -0.2) is 0 Å². The van der Waals surface area contributed by atoms with Crippen LogP contribution in [0.15, 0.2) is 48.5 Å². The molecule has 1 aromatic heterocycles. The zero-order valence-corrected chi connectivity index (χ0v) is 12.6. The number of H-pyrrole nitrogens is 1. The van der Waals surface area contributed by atoms with Crippen molar-refractivity contribution in [3.05, 3.63) is 54.1 Å².